The Morgan fingerprint density at radius 2 is 0.798 bits per heavy atom. The molecular formula is C79H93N5. The van der Waals surface area contributed by atoms with Crippen LogP contribution < -0.4 is 0 Å². The van der Waals surface area contributed by atoms with Gasteiger partial charge in [0.25, 0.3) is 0 Å². The molecule has 84 heavy (non-hydrogen) atoms. The molecule has 11 aromatic rings. The van der Waals surface area contributed by atoms with Gasteiger partial charge in [0.15, 0.2) is 0 Å². The lowest BCUT2D eigenvalue weighted by Crippen LogP contribution is -2.12. The summed E-state index contributed by atoms with van der Waals surface area (Å²) in [5, 5.41) is 17.1. The van der Waals surface area contributed by atoms with Crippen molar-refractivity contribution in [2.24, 2.45) is 10.2 Å². The van der Waals surface area contributed by atoms with Gasteiger partial charge < -0.3 is 0 Å². The van der Waals surface area contributed by atoms with Crippen molar-refractivity contribution in [1.29, 1.82) is 0 Å². The lowest BCUT2D eigenvalue weighted by atomic mass is 9.84. The number of pyridine rings is 3. The Hall–Kier alpha value is -7.89. The van der Waals surface area contributed by atoms with Gasteiger partial charge in [0, 0.05) is 39.8 Å². The van der Waals surface area contributed by atoms with E-state index in [0.717, 1.165) is 34.5 Å². The SMILES string of the molecule is CC(C)(C)c1ccc2c(c1)N=NC2.CC(C)(C)c1ccc2ccccc2c1.CC(C)(C)c1ccc2ncccc2c1.CC(C)(C)c1cccc2ccccc12.CC(C)(C)c1cnc2ccccc2c1.Cc1ccc2cccc(C(C)(C)C)c2n1. The van der Waals surface area contributed by atoms with E-state index in [1.807, 2.05) is 37.5 Å². The monoisotopic (exact) mass is 1110 g/mol. The molecule has 8 aromatic carbocycles. The Balaban J connectivity index is 0.000000145. The molecule has 0 unspecified atom stereocenters. The molecule has 434 valence electrons. The molecule has 1 aliphatic heterocycles. The van der Waals surface area contributed by atoms with Gasteiger partial charge in [0.2, 0.25) is 0 Å². The van der Waals surface area contributed by atoms with Gasteiger partial charge in [-0.1, -0.05) is 276 Å². The van der Waals surface area contributed by atoms with Gasteiger partial charge in [-0.25, -0.2) is 0 Å². The molecule has 0 fully saturated rings. The zero-order chi connectivity index (χ0) is 61.3. The smallest absolute Gasteiger partial charge is 0.0906 e. The first-order valence-electron chi connectivity index (χ1n) is 29.9. The molecule has 0 saturated heterocycles. The maximum Gasteiger partial charge on any atom is 0.0906 e. The van der Waals surface area contributed by atoms with E-state index in [-0.39, 0.29) is 32.5 Å². The van der Waals surface area contributed by atoms with Crippen LogP contribution >= 0.6 is 0 Å². The van der Waals surface area contributed by atoms with Crippen molar-refractivity contribution in [3.8, 4) is 0 Å². The maximum absolute atomic E-state index is 4.64. The van der Waals surface area contributed by atoms with Crippen LogP contribution in [0.2, 0.25) is 0 Å². The average Bonchev–Trinajstić information content (AvgIpc) is 3.97. The van der Waals surface area contributed by atoms with Gasteiger partial charge in [-0.3, -0.25) is 15.0 Å². The van der Waals surface area contributed by atoms with Crippen LogP contribution in [-0.2, 0) is 39.0 Å². The maximum atomic E-state index is 4.64. The minimum absolute atomic E-state index is 0.153. The quantitative estimate of drug-likeness (QED) is 0.152. The summed E-state index contributed by atoms with van der Waals surface area (Å²) in [6.45, 7) is 42.9. The van der Waals surface area contributed by atoms with E-state index in [0.29, 0.717) is 0 Å². The number of hydrogen-bond donors (Lipinski definition) is 0. The van der Waals surface area contributed by atoms with Crippen molar-refractivity contribution >= 4 is 59.9 Å². The summed E-state index contributed by atoms with van der Waals surface area (Å²) in [6.07, 6.45) is 3.81. The molecule has 0 aliphatic carbocycles. The van der Waals surface area contributed by atoms with Crippen LogP contribution in [0.5, 0.6) is 0 Å². The molecule has 5 heteroatoms. The Kier molecular flexibility index (Phi) is 20.0. The van der Waals surface area contributed by atoms with E-state index in [1.54, 1.807) is 0 Å². The fourth-order valence-corrected chi connectivity index (χ4v) is 9.85. The fourth-order valence-electron chi connectivity index (χ4n) is 9.85. The fraction of sp³-hybridized carbons (Fsp3) is 0.329. The van der Waals surface area contributed by atoms with E-state index in [9.17, 15) is 0 Å². The highest BCUT2D eigenvalue weighted by atomic mass is 15.1. The van der Waals surface area contributed by atoms with E-state index >= 15 is 0 Å². The Morgan fingerprint density at radius 1 is 0.333 bits per heavy atom. The molecule has 0 N–H and O–H groups in total. The number of hydrogen-bond acceptors (Lipinski definition) is 5. The summed E-state index contributed by atoms with van der Waals surface area (Å²) < 4.78 is 0. The van der Waals surface area contributed by atoms with Gasteiger partial charge in [-0.2, -0.15) is 10.2 Å². The van der Waals surface area contributed by atoms with Crippen LogP contribution in [0.25, 0.3) is 54.3 Å². The average molecular weight is 1110 g/mol. The number of fused-ring (bicyclic) bond motifs is 6. The summed E-state index contributed by atoms with van der Waals surface area (Å²) >= 11 is 0. The van der Waals surface area contributed by atoms with Crippen LogP contribution in [0, 0.1) is 6.92 Å². The molecule has 1 aliphatic rings. The molecule has 0 radical (unpaired) electrons. The van der Waals surface area contributed by atoms with Crippen molar-refractivity contribution in [1.82, 2.24) is 15.0 Å². The third kappa shape index (κ3) is 17.3. The van der Waals surface area contributed by atoms with Crippen LogP contribution in [0.3, 0.4) is 0 Å². The predicted octanol–water partition coefficient (Wildman–Crippen LogP) is 22.8. The van der Waals surface area contributed by atoms with E-state index < -0.39 is 0 Å². The molecule has 3 aromatic heterocycles. The van der Waals surface area contributed by atoms with Crippen molar-refractivity contribution in [2.45, 2.75) is 171 Å². The molecule has 0 saturated carbocycles. The van der Waals surface area contributed by atoms with Crippen LogP contribution in [0.1, 0.15) is 169 Å². The molecule has 0 atom stereocenters. The molecular weight excluding hydrogens is 1020 g/mol. The van der Waals surface area contributed by atoms with E-state index in [1.165, 1.54) is 76.6 Å². The lowest BCUT2D eigenvalue weighted by Gasteiger charge is -2.21. The lowest BCUT2D eigenvalue weighted by molar-refractivity contribution is 0.588. The first-order valence-corrected chi connectivity index (χ1v) is 29.9. The van der Waals surface area contributed by atoms with Crippen molar-refractivity contribution in [3.05, 3.63) is 251 Å². The summed E-state index contributed by atoms with van der Waals surface area (Å²) in [6, 6.07) is 68.4. The Bertz CT molecular complexity index is 3780. The minimum Gasteiger partial charge on any atom is -0.256 e. The Labute approximate surface area is 504 Å². The number of para-hydroxylation sites is 2. The van der Waals surface area contributed by atoms with Crippen molar-refractivity contribution in [3.63, 3.8) is 0 Å². The molecule has 0 spiro atoms. The largest absolute Gasteiger partial charge is 0.256 e. The third-order valence-electron chi connectivity index (χ3n) is 15.2. The zero-order valence-electron chi connectivity index (χ0n) is 54.1. The van der Waals surface area contributed by atoms with E-state index in [4.69, 9.17) is 0 Å². The van der Waals surface area contributed by atoms with Crippen LogP contribution in [0.15, 0.2) is 217 Å². The number of azo groups is 1. The van der Waals surface area contributed by atoms with Crippen molar-refractivity contribution in [2.75, 3.05) is 0 Å². The molecule has 12 rings (SSSR count). The summed E-state index contributed by atoms with van der Waals surface area (Å²) in [5.74, 6) is 0. The highest BCUT2D eigenvalue weighted by Crippen LogP contribution is 2.34. The highest BCUT2D eigenvalue weighted by Gasteiger charge is 2.20. The first-order chi connectivity index (χ1) is 39.4. The topological polar surface area (TPSA) is 63.4 Å². The summed E-state index contributed by atoms with van der Waals surface area (Å²) in [7, 11) is 0. The zero-order valence-corrected chi connectivity index (χ0v) is 54.1. The number of rotatable bonds is 0. The Morgan fingerprint density at radius 3 is 1.43 bits per heavy atom. The third-order valence-corrected chi connectivity index (χ3v) is 15.2. The second kappa shape index (κ2) is 26.4. The van der Waals surface area contributed by atoms with Gasteiger partial charge >= 0.3 is 0 Å². The van der Waals surface area contributed by atoms with Crippen LogP contribution in [-0.4, -0.2) is 15.0 Å². The summed E-state index contributed by atoms with van der Waals surface area (Å²) in [5.41, 5.74) is 16.0. The highest BCUT2D eigenvalue weighted by molar-refractivity contribution is 5.87. The van der Waals surface area contributed by atoms with Gasteiger partial charge in [0.05, 0.1) is 28.8 Å². The molecule has 0 amide bonds. The van der Waals surface area contributed by atoms with Gasteiger partial charge in [-0.05, 0) is 137 Å². The standard InChI is InChI=1S/C14H17N.2C14H16.2C13H15N.C11H14N2/c1-10-8-9-11-6-5-7-12(13(11)15-10)14(2,3)4;1-14(2,3)13-10-6-8-11-7-4-5-9-12(11)13;1-14(2,3)13-9-8-11-6-4-5-7-12(11)10-13;1-13(2,3)11-6-7-12-10(9-11)5-4-8-14-12;1-13(2,3)11-8-10-6-4-5-7-12(10)14-9-11;1-11(2,3)9-5-4-8-7-12-13-10(8)6-9/h5-9H,1-4H3;2*4-10H,1-3H3;2*4-9H,1-3H3;4-6H,7H2,1-3H3. The van der Waals surface area contributed by atoms with Gasteiger partial charge in [-0.15, -0.1) is 0 Å². The number of aryl methyl sites for hydroxylation is 1. The summed E-state index contributed by atoms with van der Waals surface area (Å²) in [4.78, 5) is 13.4. The molecule has 0 bridgehead atoms. The normalized spacial score (nSPS) is 12.4. The minimum atomic E-state index is 0.153. The van der Waals surface area contributed by atoms with Crippen molar-refractivity contribution < 1.29 is 0 Å². The number of nitrogens with zero attached hydrogens (tertiary/aromatic N) is 5. The first kappa shape index (κ1) is 63.7. The number of aromatic nitrogens is 3. The van der Waals surface area contributed by atoms with Gasteiger partial charge in [0.1, 0.15) is 0 Å². The molecule has 5 nitrogen and oxygen atoms in total. The number of benzene rings is 8. The second-order valence-electron chi connectivity index (χ2n) is 28.5. The van der Waals surface area contributed by atoms with E-state index in [2.05, 4.69) is 326 Å². The van der Waals surface area contributed by atoms with Crippen LogP contribution in [0.4, 0.5) is 5.69 Å². The molecule has 4 heterocycles. The predicted molar refractivity (Wildman–Crippen MR) is 365 cm³/mol. The second-order valence-corrected chi connectivity index (χ2v) is 28.5.